The zero-order valence-electron chi connectivity index (χ0n) is 14.9. The molecule has 0 saturated carbocycles. The van der Waals surface area contributed by atoms with E-state index in [0.29, 0.717) is 10.8 Å². The first-order chi connectivity index (χ1) is 12.9. The summed E-state index contributed by atoms with van der Waals surface area (Å²) in [4.78, 5) is 20.3. The third-order valence-corrected chi connectivity index (χ3v) is 5.32. The number of aromatic amines is 1. The minimum Gasteiger partial charge on any atom is -0.337 e. The smallest absolute Gasteiger partial charge is 0.237 e. The highest BCUT2D eigenvalue weighted by molar-refractivity contribution is 8.00. The Morgan fingerprint density at radius 1 is 1.30 bits per heavy atom. The fraction of sp³-hybridized carbons (Fsp3) is 0.200. The predicted octanol–water partition coefficient (Wildman–Crippen LogP) is 5.22. The number of H-pyrrole nitrogens is 1. The van der Waals surface area contributed by atoms with Gasteiger partial charge in [-0.25, -0.2) is 9.37 Å². The summed E-state index contributed by atoms with van der Waals surface area (Å²) in [7, 11) is 0. The number of halogens is 2. The van der Waals surface area contributed by atoms with E-state index in [0.717, 1.165) is 17.8 Å². The van der Waals surface area contributed by atoms with Gasteiger partial charge in [0.1, 0.15) is 5.82 Å². The second kappa shape index (κ2) is 8.59. The zero-order valence-corrected chi connectivity index (χ0v) is 16.5. The van der Waals surface area contributed by atoms with Gasteiger partial charge >= 0.3 is 0 Å². The van der Waals surface area contributed by atoms with Gasteiger partial charge in [0.25, 0.3) is 0 Å². The van der Waals surface area contributed by atoms with Crippen molar-refractivity contribution < 1.29 is 9.18 Å². The van der Waals surface area contributed by atoms with Crippen LogP contribution in [0.2, 0.25) is 5.02 Å². The van der Waals surface area contributed by atoms with Crippen LogP contribution in [-0.4, -0.2) is 21.1 Å². The maximum atomic E-state index is 13.1. The van der Waals surface area contributed by atoms with Crippen molar-refractivity contribution in [3.63, 3.8) is 0 Å². The Morgan fingerprint density at radius 3 is 2.74 bits per heavy atom. The number of imidazole rings is 1. The molecule has 0 aliphatic rings. The second-order valence-corrected chi connectivity index (χ2v) is 7.89. The van der Waals surface area contributed by atoms with Gasteiger partial charge in [0, 0.05) is 12.1 Å². The van der Waals surface area contributed by atoms with Crippen LogP contribution in [0.3, 0.4) is 0 Å². The number of rotatable bonds is 6. The number of hydrogen-bond donors (Lipinski definition) is 2. The van der Waals surface area contributed by atoms with Crippen molar-refractivity contribution in [2.45, 2.75) is 30.7 Å². The Kier molecular flexibility index (Phi) is 6.19. The lowest BCUT2D eigenvalue weighted by Gasteiger charge is -2.11. The average Bonchev–Trinajstić information content (AvgIpc) is 2.97. The third kappa shape index (κ3) is 5.11. The molecule has 27 heavy (non-hydrogen) atoms. The fourth-order valence-electron chi connectivity index (χ4n) is 2.53. The van der Waals surface area contributed by atoms with Gasteiger partial charge in [-0.05, 0) is 37.6 Å². The number of thioether (sulfide) groups is 1. The molecule has 7 heteroatoms. The van der Waals surface area contributed by atoms with E-state index < -0.39 is 11.1 Å². The van der Waals surface area contributed by atoms with Crippen molar-refractivity contribution in [2.75, 3.05) is 5.32 Å². The van der Waals surface area contributed by atoms with Crippen LogP contribution in [0.4, 0.5) is 10.1 Å². The lowest BCUT2D eigenvalue weighted by molar-refractivity contribution is -0.115. The molecule has 2 N–H and O–H groups in total. The number of aromatic nitrogens is 2. The molecule has 3 aromatic rings. The molecule has 0 bridgehead atoms. The maximum Gasteiger partial charge on any atom is 0.237 e. The number of aryl methyl sites for hydroxylation is 1. The van der Waals surface area contributed by atoms with Crippen molar-refractivity contribution in [1.29, 1.82) is 0 Å². The molecule has 1 aromatic heterocycles. The molecule has 0 radical (unpaired) electrons. The molecule has 0 aliphatic heterocycles. The summed E-state index contributed by atoms with van der Waals surface area (Å²) in [5, 5.41) is 3.17. The average molecular weight is 404 g/mol. The molecule has 1 atom stereocenters. The Labute approximate surface area is 166 Å². The number of hydrogen-bond acceptors (Lipinski definition) is 3. The van der Waals surface area contributed by atoms with Crippen LogP contribution in [0.15, 0.2) is 53.7 Å². The standard InChI is InChI=1S/C20H19ClFN3OS/c1-12-18(10-14-6-4-3-5-7-14)25-20(23-12)27-13(2)19(26)24-17-9-8-15(22)11-16(17)21/h3-9,11,13H,10H2,1-2H3,(H,23,25)(H,24,26)/t13-/m0/s1. The molecule has 0 spiro atoms. The normalized spacial score (nSPS) is 12.0. The van der Waals surface area contributed by atoms with Crippen molar-refractivity contribution in [1.82, 2.24) is 9.97 Å². The number of carbonyl (C=O) groups excluding carboxylic acids is 1. The molecular formula is C20H19ClFN3OS. The highest BCUT2D eigenvalue weighted by atomic mass is 35.5. The molecule has 4 nitrogen and oxygen atoms in total. The van der Waals surface area contributed by atoms with E-state index in [9.17, 15) is 9.18 Å². The Balaban J connectivity index is 1.64. The van der Waals surface area contributed by atoms with E-state index in [4.69, 9.17) is 11.6 Å². The molecular weight excluding hydrogens is 385 g/mol. The van der Waals surface area contributed by atoms with Crippen molar-refractivity contribution in [3.8, 4) is 0 Å². The summed E-state index contributed by atoms with van der Waals surface area (Å²) in [6, 6.07) is 14.0. The van der Waals surface area contributed by atoms with Crippen LogP contribution >= 0.6 is 23.4 Å². The van der Waals surface area contributed by atoms with Crippen LogP contribution in [-0.2, 0) is 11.2 Å². The summed E-state index contributed by atoms with van der Waals surface area (Å²) in [5.41, 5.74) is 3.50. The van der Waals surface area contributed by atoms with E-state index >= 15 is 0 Å². The van der Waals surface area contributed by atoms with E-state index in [1.54, 1.807) is 6.92 Å². The molecule has 3 rings (SSSR count). The van der Waals surface area contributed by atoms with Gasteiger partial charge in [-0.15, -0.1) is 0 Å². The quantitative estimate of drug-likeness (QED) is 0.554. The van der Waals surface area contributed by atoms with E-state index in [-0.39, 0.29) is 10.9 Å². The number of nitrogens with zero attached hydrogens (tertiary/aromatic N) is 1. The Bertz CT molecular complexity index is 946. The lowest BCUT2D eigenvalue weighted by atomic mass is 10.1. The SMILES string of the molecule is Cc1[nH]c(S[C@@H](C)C(=O)Nc2ccc(F)cc2Cl)nc1Cc1ccccc1. The topological polar surface area (TPSA) is 57.8 Å². The zero-order chi connectivity index (χ0) is 19.4. The van der Waals surface area contributed by atoms with Crippen molar-refractivity contribution in [2.24, 2.45) is 0 Å². The van der Waals surface area contributed by atoms with Gasteiger partial charge in [0.05, 0.1) is 21.7 Å². The van der Waals surface area contributed by atoms with Crippen LogP contribution in [0.1, 0.15) is 23.9 Å². The third-order valence-electron chi connectivity index (χ3n) is 4.02. The Hall–Kier alpha value is -2.31. The molecule has 0 fully saturated rings. The van der Waals surface area contributed by atoms with Crippen molar-refractivity contribution >= 4 is 35.0 Å². The van der Waals surface area contributed by atoms with Crippen LogP contribution in [0.5, 0.6) is 0 Å². The fourth-order valence-corrected chi connectivity index (χ4v) is 3.62. The first-order valence-corrected chi connectivity index (χ1v) is 9.70. The van der Waals surface area contributed by atoms with Crippen LogP contribution in [0, 0.1) is 12.7 Å². The first kappa shape index (κ1) is 19.5. The molecule has 1 amide bonds. The van der Waals surface area contributed by atoms with E-state index in [1.165, 1.54) is 35.5 Å². The van der Waals surface area contributed by atoms with Gasteiger partial charge in [0.2, 0.25) is 5.91 Å². The molecule has 1 heterocycles. The molecule has 2 aromatic carbocycles. The Morgan fingerprint density at radius 2 is 2.04 bits per heavy atom. The number of benzene rings is 2. The van der Waals surface area contributed by atoms with Gasteiger partial charge in [0.15, 0.2) is 5.16 Å². The molecule has 140 valence electrons. The summed E-state index contributed by atoms with van der Waals surface area (Å²) >= 11 is 7.29. The number of carbonyl (C=O) groups is 1. The van der Waals surface area contributed by atoms with Crippen LogP contribution in [0.25, 0.3) is 0 Å². The second-order valence-electron chi connectivity index (χ2n) is 6.15. The van der Waals surface area contributed by atoms with Gasteiger partial charge in [-0.2, -0.15) is 0 Å². The minimum atomic E-state index is -0.447. The molecule has 0 aliphatic carbocycles. The first-order valence-electron chi connectivity index (χ1n) is 8.44. The maximum absolute atomic E-state index is 13.1. The predicted molar refractivity (Wildman–Crippen MR) is 108 cm³/mol. The van der Waals surface area contributed by atoms with Gasteiger partial charge in [-0.1, -0.05) is 53.7 Å². The summed E-state index contributed by atoms with van der Waals surface area (Å²) in [6.07, 6.45) is 0.732. The molecule has 0 saturated heterocycles. The van der Waals surface area contributed by atoms with Gasteiger partial charge in [-0.3, -0.25) is 4.79 Å². The highest BCUT2D eigenvalue weighted by Gasteiger charge is 2.18. The lowest BCUT2D eigenvalue weighted by Crippen LogP contribution is -2.22. The number of amides is 1. The van der Waals surface area contributed by atoms with Crippen molar-refractivity contribution in [3.05, 3.63) is 76.3 Å². The largest absolute Gasteiger partial charge is 0.337 e. The van der Waals surface area contributed by atoms with Crippen LogP contribution < -0.4 is 5.32 Å². The summed E-state index contributed by atoms with van der Waals surface area (Å²) in [6.45, 7) is 3.75. The van der Waals surface area contributed by atoms with E-state index in [2.05, 4.69) is 27.4 Å². The molecule has 0 unspecified atom stereocenters. The minimum absolute atomic E-state index is 0.166. The summed E-state index contributed by atoms with van der Waals surface area (Å²) in [5.74, 6) is -0.676. The van der Waals surface area contributed by atoms with E-state index in [1.807, 2.05) is 25.1 Å². The van der Waals surface area contributed by atoms with Gasteiger partial charge < -0.3 is 10.3 Å². The number of nitrogens with one attached hydrogen (secondary N) is 2. The summed E-state index contributed by atoms with van der Waals surface area (Å²) < 4.78 is 13.1. The number of anilines is 1. The monoisotopic (exact) mass is 403 g/mol. The highest BCUT2D eigenvalue weighted by Crippen LogP contribution is 2.26.